The second kappa shape index (κ2) is 7.31. The number of hydrogen-bond acceptors (Lipinski definition) is 4. The molecule has 2 aromatic rings. The van der Waals surface area contributed by atoms with Crippen LogP contribution in [-0.4, -0.2) is 47.7 Å². The number of hydrogen-bond donors (Lipinski definition) is 2. The molecule has 1 aliphatic heterocycles. The zero-order valence-corrected chi connectivity index (χ0v) is 13.7. The van der Waals surface area contributed by atoms with Crippen molar-refractivity contribution in [3.63, 3.8) is 0 Å². The lowest BCUT2D eigenvalue weighted by atomic mass is 9.99. The number of benzene rings is 1. The number of para-hydroxylation sites is 1. The van der Waals surface area contributed by atoms with Crippen LogP contribution < -0.4 is 15.4 Å². The van der Waals surface area contributed by atoms with Gasteiger partial charge in [-0.3, -0.25) is 4.98 Å². The minimum Gasteiger partial charge on any atom is -0.489 e. The number of urea groups is 1. The summed E-state index contributed by atoms with van der Waals surface area (Å²) in [5.41, 5.74) is 0.351. The van der Waals surface area contributed by atoms with E-state index in [2.05, 4.69) is 15.6 Å². The van der Waals surface area contributed by atoms with Gasteiger partial charge in [0.2, 0.25) is 0 Å². The molecule has 2 heterocycles. The van der Waals surface area contributed by atoms with Gasteiger partial charge in [0.25, 0.3) is 0 Å². The normalized spacial score (nSPS) is 20.5. The van der Waals surface area contributed by atoms with Crippen molar-refractivity contribution >= 4 is 11.7 Å². The van der Waals surface area contributed by atoms with Crippen LogP contribution in [0, 0.1) is 0 Å². The third kappa shape index (κ3) is 3.83. The smallest absolute Gasteiger partial charge is 0.322 e. The lowest BCUT2D eigenvalue weighted by molar-refractivity contribution is 0.0647. The first-order valence-corrected chi connectivity index (χ1v) is 8.05. The van der Waals surface area contributed by atoms with Gasteiger partial charge in [0.15, 0.2) is 0 Å². The van der Waals surface area contributed by atoms with E-state index in [-0.39, 0.29) is 6.03 Å². The molecule has 3 rings (SSSR count). The standard InChI is InChI=1S/C18H22N4O2/c1-18(14-24-16-8-5-9-19-12-16)13-20-10-11-22(18)17(23)21-15-6-3-2-4-7-15/h2-9,12,20H,10-11,13-14H2,1H3,(H,21,23). The van der Waals surface area contributed by atoms with Crippen LogP contribution in [0.25, 0.3) is 0 Å². The SMILES string of the molecule is CC1(COc2cccnc2)CNCCN1C(=O)Nc1ccccc1. The highest BCUT2D eigenvalue weighted by molar-refractivity contribution is 5.90. The van der Waals surface area contributed by atoms with E-state index in [0.717, 1.165) is 12.2 Å². The lowest BCUT2D eigenvalue weighted by Gasteiger charge is -2.44. The van der Waals surface area contributed by atoms with Crippen molar-refractivity contribution in [3.8, 4) is 5.75 Å². The van der Waals surface area contributed by atoms with E-state index in [4.69, 9.17) is 4.74 Å². The first kappa shape index (κ1) is 16.3. The molecule has 0 saturated carbocycles. The highest BCUT2D eigenvalue weighted by atomic mass is 16.5. The molecule has 126 valence electrons. The predicted molar refractivity (Wildman–Crippen MR) is 93.2 cm³/mol. The summed E-state index contributed by atoms with van der Waals surface area (Å²) in [7, 11) is 0. The molecule has 24 heavy (non-hydrogen) atoms. The molecular weight excluding hydrogens is 304 g/mol. The topological polar surface area (TPSA) is 66.5 Å². The van der Waals surface area contributed by atoms with Crippen molar-refractivity contribution in [3.05, 3.63) is 54.9 Å². The van der Waals surface area contributed by atoms with E-state index < -0.39 is 5.54 Å². The monoisotopic (exact) mass is 326 g/mol. The number of rotatable bonds is 4. The summed E-state index contributed by atoms with van der Waals surface area (Å²) < 4.78 is 5.85. The molecule has 0 bridgehead atoms. The Morgan fingerprint density at radius 1 is 1.33 bits per heavy atom. The quantitative estimate of drug-likeness (QED) is 0.905. The van der Waals surface area contributed by atoms with E-state index in [1.165, 1.54) is 0 Å². The summed E-state index contributed by atoms with van der Waals surface area (Å²) in [6, 6.07) is 13.1. The average Bonchev–Trinajstić information content (AvgIpc) is 2.62. The maximum Gasteiger partial charge on any atom is 0.322 e. The Balaban J connectivity index is 1.68. The maximum atomic E-state index is 12.7. The number of carbonyl (C=O) groups is 1. The minimum absolute atomic E-state index is 0.111. The van der Waals surface area contributed by atoms with Gasteiger partial charge in [0.05, 0.1) is 11.7 Å². The van der Waals surface area contributed by atoms with Crippen LogP contribution >= 0.6 is 0 Å². The molecule has 0 spiro atoms. The van der Waals surface area contributed by atoms with Gasteiger partial charge in [-0.2, -0.15) is 0 Å². The molecule has 1 unspecified atom stereocenters. The molecule has 2 N–H and O–H groups in total. The zero-order chi connectivity index (χ0) is 16.8. The molecule has 0 radical (unpaired) electrons. The van der Waals surface area contributed by atoms with Crippen molar-refractivity contribution in [2.24, 2.45) is 0 Å². The molecule has 6 heteroatoms. The van der Waals surface area contributed by atoms with Crippen LogP contribution in [-0.2, 0) is 0 Å². The molecule has 2 amide bonds. The predicted octanol–water partition coefficient (Wildman–Crippen LogP) is 2.36. The van der Waals surface area contributed by atoms with Gasteiger partial charge in [-0.1, -0.05) is 18.2 Å². The van der Waals surface area contributed by atoms with Gasteiger partial charge in [0, 0.05) is 31.5 Å². The Bertz CT molecular complexity index is 665. The van der Waals surface area contributed by atoms with Crippen LogP contribution in [0.2, 0.25) is 0 Å². The third-order valence-electron chi connectivity index (χ3n) is 4.12. The summed E-state index contributed by atoms with van der Waals surface area (Å²) in [6.07, 6.45) is 3.38. The Morgan fingerprint density at radius 3 is 2.92 bits per heavy atom. The second-order valence-electron chi connectivity index (χ2n) is 6.10. The highest BCUT2D eigenvalue weighted by Gasteiger charge is 2.38. The summed E-state index contributed by atoms with van der Waals surface area (Å²) in [4.78, 5) is 18.6. The average molecular weight is 326 g/mol. The fraction of sp³-hybridized carbons (Fsp3) is 0.333. The van der Waals surface area contributed by atoms with Gasteiger partial charge in [-0.05, 0) is 31.2 Å². The Kier molecular flexibility index (Phi) is 4.96. The summed E-state index contributed by atoms with van der Waals surface area (Å²) in [6.45, 7) is 4.50. The van der Waals surface area contributed by atoms with Crippen LogP contribution in [0.5, 0.6) is 5.75 Å². The lowest BCUT2D eigenvalue weighted by Crippen LogP contribution is -2.64. The molecule has 0 aliphatic carbocycles. The number of pyridine rings is 1. The van der Waals surface area contributed by atoms with E-state index >= 15 is 0 Å². The fourth-order valence-electron chi connectivity index (χ4n) is 2.77. The summed E-state index contributed by atoms with van der Waals surface area (Å²) >= 11 is 0. The molecule has 1 aromatic heterocycles. The number of aromatic nitrogens is 1. The summed E-state index contributed by atoms with van der Waals surface area (Å²) in [5, 5.41) is 6.30. The van der Waals surface area contributed by atoms with Gasteiger partial charge in [-0.25, -0.2) is 4.79 Å². The van der Waals surface area contributed by atoms with Crippen LogP contribution in [0.1, 0.15) is 6.92 Å². The Morgan fingerprint density at radius 2 is 2.17 bits per heavy atom. The molecule has 1 fully saturated rings. The van der Waals surface area contributed by atoms with Gasteiger partial charge in [0.1, 0.15) is 12.4 Å². The second-order valence-corrected chi connectivity index (χ2v) is 6.10. The van der Waals surface area contributed by atoms with E-state index in [1.807, 2.05) is 54.3 Å². The molecule has 6 nitrogen and oxygen atoms in total. The van der Waals surface area contributed by atoms with E-state index in [0.29, 0.717) is 25.4 Å². The van der Waals surface area contributed by atoms with Crippen molar-refractivity contribution in [2.75, 3.05) is 31.6 Å². The number of ether oxygens (including phenoxy) is 1. The summed E-state index contributed by atoms with van der Waals surface area (Å²) in [5.74, 6) is 0.702. The third-order valence-corrected chi connectivity index (χ3v) is 4.12. The fourth-order valence-corrected chi connectivity index (χ4v) is 2.77. The molecular formula is C18H22N4O2. The number of nitrogens with zero attached hydrogens (tertiary/aromatic N) is 2. The molecule has 1 aliphatic rings. The molecule has 1 atom stereocenters. The number of carbonyl (C=O) groups excluding carboxylic acids is 1. The molecule has 1 saturated heterocycles. The highest BCUT2D eigenvalue weighted by Crippen LogP contribution is 2.21. The molecule has 1 aromatic carbocycles. The van der Waals surface area contributed by atoms with Gasteiger partial charge < -0.3 is 20.3 Å². The Hall–Kier alpha value is -2.60. The van der Waals surface area contributed by atoms with E-state index in [1.54, 1.807) is 12.4 Å². The minimum atomic E-state index is -0.438. The maximum absolute atomic E-state index is 12.7. The largest absolute Gasteiger partial charge is 0.489 e. The van der Waals surface area contributed by atoms with Crippen LogP contribution in [0.4, 0.5) is 10.5 Å². The number of anilines is 1. The number of piperazine rings is 1. The number of nitrogens with one attached hydrogen (secondary N) is 2. The zero-order valence-electron chi connectivity index (χ0n) is 13.7. The van der Waals surface area contributed by atoms with Gasteiger partial charge in [-0.15, -0.1) is 0 Å². The van der Waals surface area contributed by atoms with Crippen LogP contribution in [0.15, 0.2) is 54.9 Å². The van der Waals surface area contributed by atoms with Crippen molar-refractivity contribution in [2.45, 2.75) is 12.5 Å². The Labute approximate surface area is 141 Å². The van der Waals surface area contributed by atoms with Crippen molar-refractivity contribution in [1.82, 2.24) is 15.2 Å². The number of amides is 2. The first-order chi connectivity index (χ1) is 11.7. The van der Waals surface area contributed by atoms with Gasteiger partial charge >= 0.3 is 6.03 Å². The van der Waals surface area contributed by atoms with Crippen LogP contribution in [0.3, 0.4) is 0 Å². The van der Waals surface area contributed by atoms with E-state index in [9.17, 15) is 4.79 Å². The van der Waals surface area contributed by atoms with Crippen molar-refractivity contribution in [1.29, 1.82) is 0 Å². The van der Waals surface area contributed by atoms with Crippen molar-refractivity contribution < 1.29 is 9.53 Å². The first-order valence-electron chi connectivity index (χ1n) is 8.05.